The van der Waals surface area contributed by atoms with E-state index in [1.807, 2.05) is 24.3 Å². The summed E-state index contributed by atoms with van der Waals surface area (Å²) in [5.74, 6) is 0. The number of aryl methyl sites for hydroxylation is 1. The Morgan fingerprint density at radius 2 is 1.52 bits per heavy atom. The van der Waals surface area contributed by atoms with Crippen LogP contribution in [-0.2, 0) is 26.5 Å². The molecule has 6 nitrogen and oxygen atoms in total. The van der Waals surface area contributed by atoms with Gasteiger partial charge in [0.25, 0.3) is 0 Å². The first-order chi connectivity index (χ1) is 11.7. The lowest BCUT2D eigenvalue weighted by molar-refractivity contribution is 0.520. The molecule has 1 N–H and O–H groups in total. The van der Waals surface area contributed by atoms with Crippen molar-refractivity contribution < 1.29 is 16.8 Å². The van der Waals surface area contributed by atoms with Gasteiger partial charge in [-0.15, -0.1) is 0 Å². The summed E-state index contributed by atoms with van der Waals surface area (Å²) in [6.45, 7) is 0. The summed E-state index contributed by atoms with van der Waals surface area (Å²) in [4.78, 5) is 0.109. The molecule has 0 bridgehead atoms. The van der Waals surface area contributed by atoms with Gasteiger partial charge < -0.3 is 0 Å². The van der Waals surface area contributed by atoms with Crippen LogP contribution in [0, 0.1) is 0 Å². The van der Waals surface area contributed by atoms with Crippen LogP contribution in [0.15, 0.2) is 58.3 Å². The number of hydrogen-bond acceptors (Lipinski definition) is 4. The number of nitrogens with one attached hydrogen (secondary N) is 1. The minimum atomic E-state index is -3.73. The van der Waals surface area contributed by atoms with E-state index in [1.54, 1.807) is 0 Å². The minimum Gasteiger partial charge on any atom is -0.207 e. The minimum absolute atomic E-state index is 0.0505. The van der Waals surface area contributed by atoms with E-state index in [4.69, 9.17) is 0 Å². The van der Waals surface area contributed by atoms with Gasteiger partial charge in [0.15, 0.2) is 0 Å². The zero-order valence-corrected chi connectivity index (χ0v) is 15.6. The van der Waals surface area contributed by atoms with Gasteiger partial charge in [-0.25, -0.2) is 25.9 Å². The maximum Gasteiger partial charge on any atom is 0.242 e. The van der Waals surface area contributed by atoms with Crippen LogP contribution in [0.4, 0.5) is 0 Å². The first-order valence-electron chi connectivity index (χ1n) is 7.84. The van der Waals surface area contributed by atoms with Crippen molar-refractivity contribution in [2.45, 2.75) is 28.7 Å². The van der Waals surface area contributed by atoms with Crippen LogP contribution < -0.4 is 4.72 Å². The van der Waals surface area contributed by atoms with Gasteiger partial charge >= 0.3 is 0 Å². The number of nitrogens with zero attached hydrogens (tertiary/aromatic N) is 1. The second-order valence-electron chi connectivity index (χ2n) is 6.17. The van der Waals surface area contributed by atoms with E-state index in [0.717, 1.165) is 21.9 Å². The Labute approximate surface area is 148 Å². The smallest absolute Gasteiger partial charge is 0.207 e. The molecule has 25 heavy (non-hydrogen) atoms. The highest BCUT2D eigenvalue weighted by molar-refractivity contribution is 7.89. The van der Waals surface area contributed by atoms with Crippen LogP contribution in [0.3, 0.4) is 0 Å². The lowest BCUT2D eigenvalue weighted by Gasteiger charge is -2.15. The third kappa shape index (κ3) is 3.48. The zero-order chi connectivity index (χ0) is 18.2. The molecule has 1 atom stereocenters. The van der Waals surface area contributed by atoms with Crippen LogP contribution in [0.25, 0.3) is 0 Å². The standard InChI is InChI=1S/C17H20N2O4S2/c1-19(2)25(22,23)15-10-8-14(9-11-15)24(20,21)18-17-12-7-13-5-3-4-6-16(13)17/h3-6,8-11,17-18H,7,12H2,1-2H3/t17-/m0/s1. The fourth-order valence-electron chi connectivity index (χ4n) is 2.94. The molecule has 8 heteroatoms. The topological polar surface area (TPSA) is 83.6 Å². The molecule has 1 aliphatic rings. The summed E-state index contributed by atoms with van der Waals surface area (Å²) in [5, 5.41) is 0. The molecule has 2 aromatic rings. The fourth-order valence-corrected chi connectivity index (χ4v) is 5.09. The summed E-state index contributed by atoms with van der Waals surface area (Å²) in [5.41, 5.74) is 2.15. The van der Waals surface area contributed by atoms with E-state index < -0.39 is 20.0 Å². The SMILES string of the molecule is CN(C)S(=O)(=O)c1ccc(S(=O)(=O)N[C@H]2CCc3ccccc32)cc1. The second-order valence-corrected chi connectivity index (χ2v) is 10.0. The number of fused-ring (bicyclic) bond motifs is 1. The van der Waals surface area contributed by atoms with Gasteiger partial charge in [-0.05, 0) is 48.2 Å². The molecule has 0 radical (unpaired) electrons. The molecule has 134 valence electrons. The number of benzene rings is 2. The van der Waals surface area contributed by atoms with E-state index in [9.17, 15) is 16.8 Å². The lowest BCUT2D eigenvalue weighted by Crippen LogP contribution is -2.27. The van der Waals surface area contributed by atoms with Gasteiger partial charge in [0.05, 0.1) is 9.79 Å². The van der Waals surface area contributed by atoms with Crippen molar-refractivity contribution in [3.8, 4) is 0 Å². The summed E-state index contributed by atoms with van der Waals surface area (Å²) >= 11 is 0. The molecule has 0 spiro atoms. The van der Waals surface area contributed by atoms with Gasteiger partial charge in [-0.3, -0.25) is 0 Å². The van der Waals surface area contributed by atoms with Crippen molar-refractivity contribution in [3.63, 3.8) is 0 Å². The molecule has 0 unspecified atom stereocenters. The van der Waals surface area contributed by atoms with E-state index in [-0.39, 0.29) is 15.8 Å². The number of hydrogen-bond donors (Lipinski definition) is 1. The van der Waals surface area contributed by atoms with Gasteiger partial charge in [-0.1, -0.05) is 24.3 Å². The summed E-state index contributed by atoms with van der Waals surface area (Å²) < 4.78 is 53.2. The maximum absolute atomic E-state index is 12.6. The van der Waals surface area contributed by atoms with Crippen molar-refractivity contribution in [2.75, 3.05) is 14.1 Å². The Hall–Kier alpha value is -1.74. The Kier molecular flexibility index (Phi) is 4.72. The summed E-state index contributed by atoms with van der Waals surface area (Å²) in [6.07, 6.45) is 1.55. The highest BCUT2D eigenvalue weighted by Crippen LogP contribution is 2.32. The third-order valence-corrected chi connectivity index (χ3v) is 7.66. The first-order valence-corrected chi connectivity index (χ1v) is 10.8. The number of sulfonamides is 2. The average Bonchev–Trinajstić information content (AvgIpc) is 2.97. The molecule has 2 aromatic carbocycles. The zero-order valence-electron chi connectivity index (χ0n) is 14.0. The maximum atomic E-state index is 12.6. The quantitative estimate of drug-likeness (QED) is 0.859. The molecule has 0 heterocycles. The molecular formula is C17H20N2O4S2. The summed E-state index contributed by atoms with van der Waals surface area (Å²) in [7, 11) is -4.45. The highest BCUT2D eigenvalue weighted by atomic mass is 32.2. The van der Waals surface area contributed by atoms with Crippen molar-refractivity contribution >= 4 is 20.0 Å². The first kappa shape index (κ1) is 18.1. The van der Waals surface area contributed by atoms with Gasteiger partial charge in [0.1, 0.15) is 0 Å². The average molecular weight is 380 g/mol. The molecule has 0 aromatic heterocycles. The predicted molar refractivity (Wildman–Crippen MR) is 95.1 cm³/mol. The van der Waals surface area contributed by atoms with Crippen molar-refractivity contribution in [3.05, 3.63) is 59.7 Å². The van der Waals surface area contributed by atoms with Crippen molar-refractivity contribution in [2.24, 2.45) is 0 Å². The monoisotopic (exact) mass is 380 g/mol. The highest BCUT2D eigenvalue weighted by Gasteiger charge is 2.27. The van der Waals surface area contributed by atoms with E-state index >= 15 is 0 Å². The van der Waals surface area contributed by atoms with Crippen molar-refractivity contribution in [1.29, 1.82) is 0 Å². The Morgan fingerprint density at radius 3 is 2.16 bits per heavy atom. The molecular weight excluding hydrogens is 360 g/mol. The Balaban J connectivity index is 1.84. The molecule has 0 fully saturated rings. The molecule has 0 aliphatic heterocycles. The Morgan fingerprint density at radius 1 is 0.920 bits per heavy atom. The van der Waals surface area contributed by atoms with Crippen LogP contribution >= 0.6 is 0 Å². The Bertz CT molecular complexity index is 982. The lowest BCUT2D eigenvalue weighted by atomic mass is 10.1. The van der Waals surface area contributed by atoms with Gasteiger partial charge in [0, 0.05) is 20.1 Å². The summed E-state index contributed by atoms with van der Waals surface area (Å²) in [6, 6.07) is 12.8. The van der Waals surface area contributed by atoms with E-state index in [1.165, 1.54) is 38.4 Å². The van der Waals surface area contributed by atoms with E-state index in [0.29, 0.717) is 6.42 Å². The predicted octanol–water partition coefficient (Wildman–Crippen LogP) is 1.90. The molecule has 0 amide bonds. The van der Waals surface area contributed by atoms with Crippen LogP contribution in [0.2, 0.25) is 0 Å². The van der Waals surface area contributed by atoms with Crippen LogP contribution in [0.1, 0.15) is 23.6 Å². The fraction of sp³-hybridized carbons (Fsp3) is 0.294. The third-order valence-electron chi connectivity index (χ3n) is 4.34. The number of rotatable bonds is 5. The molecule has 1 aliphatic carbocycles. The molecule has 0 saturated carbocycles. The normalized spacial score (nSPS) is 17.6. The van der Waals surface area contributed by atoms with Gasteiger partial charge in [0.2, 0.25) is 20.0 Å². The molecule has 0 saturated heterocycles. The second kappa shape index (κ2) is 6.53. The van der Waals surface area contributed by atoms with Crippen LogP contribution in [0.5, 0.6) is 0 Å². The van der Waals surface area contributed by atoms with E-state index in [2.05, 4.69) is 4.72 Å². The van der Waals surface area contributed by atoms with Gasteiger partial charge in [-0.2, -0.15) is 0 Å². The molecule has 3 rings (SSSR count). The van der Waals surface area contributed by atoms with Crippen LogP contribution in [-0.4, -0.2) is 35.2 Å². The largest absolute Gasteiger partial charge is 0.242 e. The van der Waals surface area contributed by atoms with Crippen molar-refractivity contribution in [1.82, 2.24) is 9.03 Å².